The fourth-order valence-electron chi connectivity index (χ4n) is 2.16. The van der Waals surface area contributed by atoms with Crippen LogP contribution in [0.25, 0.3) is 11.0 Å². The second kappa shape index (κ2) is 5.75. The molecule has 0 saturated heterocycles. The average Bonchev–Trinajstić information content (AvgIpc) is 3.23. The van der Waals surface area contributed by atoms with Crippen LogP contribution in [-0.2, 0) is 16.1 Å². The van der Waals surface area contributed by atoms with E-state index in [0.29, 0.717) is 17.6 Å². The number of hydrogen-bond donors (Lipinski definition) is 1. The third-order valence-electron chi connectivity index (χ3n) is 3.63. The van der Waals surface area contributed by atoms with Gasteiger partial charge in [0.2, 0.25) is 0 Å². The molecule has 116 valence electrons. The Morgan fingerprint density at radius 1 is 1.45 bits per heavy atom. The van der Waals surface area contributed by atoms with Crippen molar-refractivity contribution >= 4 is 22.9 Å². The van der Waals surface area contributed by atoms with E-state index in [-0.39, 0.29) is 11.9 Å². The summed E-state index contributed by atoms with van der Waals surface area (Å²) in [5.41, 5.74) is 1.85. The minimum absolute atomic E-state index is 0.245. The standard InChI is InChI=1S/C15H18N4O3/c1-3-19-13-7-4-10(8-12(13)17-18-19)15(21)22-9(2)14(20)16-11-5-6-11/h4,7-9,11H,3,5-6H2,1-2H3,(H,16,20)/t9-/m0/s1. The summed E-state index contributed by atoms with van der Waals surface area (Å²) >= 11 is 0. The molecule has 2 aromatic rings. The second-order valence-electron chi connectivity index (χ2n) is 5.44. The van der Waals surface area contributed by atoms with E-state index < -0.39 is 12.1 Å². The Labute approximate surface area is 127 Å². The summed E-state index contributed by atoms with van der Waals surface area (Å²) in [5.74, 6) is -0.791. The van der Waals surface area contributed by atoms with Crippen LogP contribution in [0.15, 0.2) is 18.2 Å². The first kappa shape index (κ1) is 14.5. The van der Waals surface area contributed by atoms with Crippen LogP contribution in [0.2, 0.25) is 0 Å². The van der Waals surface area contributed by atoms with Crippen LogP contribution < -0.4 is 5.32 Å². The number of aryl methyl sites for hydroxylation is 1. The van der Waals surface area contributed by atoms with E-state index >= 15 is 0 Å². The monoisotopic (exact) mass is 302 g/mol. The molecule has 0 aliphatic heterocycles. The molecule has 1 aromatic carbocycles. The van der Waals surface area contributed by atoms with E-state index in [1.165, 1.54) is 0 Å². The van der Waals surface area contributed by atoms with Crippen molar-refractivity contribution in [1.82, 2.24) is 20.3 Å². The number of rotatable bonds is 5. The van der Waals surface area contributed by atoms with Crippen molar-refractivity contribution in [3.63, 3.8) is 0 Å². The zero-order valence-electron chi connectivity index (χ0n) is 12.6. The summed E-state index contributed by atoms with van der Waals surface area (Å²) in [6.45, 7) is 4.25. The summed E-state index contributed by atoms with van der Waals surface area (Å²) in [6, 6.07) is 5.31. The first-order valence-corrected chi connectivity index (χ1v) is 7.43. The predicted molar refractivity (Wildman–Crippen MR) is 79.2 cm³/mol. The average molecular weight is 302 g/mol. The van der Waals surface area contributed by atoms with Gasteiger partial charge in [-0.05, 0) is 44.9 Å². The number of ether oxygens (including phenoxy) is 1. The molecule has 0 radical (unpaired) electrons. The molecule has 1 fully saturated rings. The van der Waals surface area contributed by atoms with Gasteiger partial charge in [0.1, 0.15) is 5.52 Å². The van der Waals surface area contributed by atoms with Gasteiger partial charge in [-0.25, -0.2) is 9.48 Å². The number of nitrogens with one attached hydrogen (secondary N) is 1. The van der Waals surface area contributed by atoms with E-state index in [9.17, 15) is 9.59 Å². The lowest BCUT2D eigenvalue weighted by atomic mass is 10.2. The summed E-state index contributed by atoms with van der Waals surface area (Å²) in [7, 11) is 0. The quantitative estimate of drug-likeness (QED) is 0.841. The maximum atomic E-state index is 12.1. The highest BCUT2D eigenvalue weighted by atomic mass is 16.5. The van der Waals surface area contributed by atoms with Gasteiger partial charge in [0.05, 0.1) is 11.1 Å². The van der Waals surface area contributed by atoms with Crippen LogP contribution in [0.5, 0.6) is 0 Å². The van der Waals surface area contributed by atoms with Crippen molar-refractivity contribution in [2.24, 2.45) is 0 Å². The molecule has 0 unspecified atom stereocenters. The van der Waals surface area contributed by atoms with E-state index in [4.69, 9.17) is 4.74 Å². The normalized spacial score (nSPS) is 15.5. The second-order valence-corrected chi connectivity index (χ2v) is 5.44. The summed E-state index contributed by atoms with van der Waals surface area (Å²) in [5, 5.41) is 10.8. The van der Waals surface area contributed by atoms with Crippen LogP contribution in [-0.4, -0.2) is 39.0 Å². The van der Waals surface area contributed by atoms with Gasteiger partial charge in [-0.1, -0.05) is 5.21 Å². The van der Waals surface area contributed by atoms with Crippen LogP contribution in [0.1, 0.15) is 37.0 Å². The largest absolute Gasteiger partial charge is 0.449 e. The highest BCUT2D eigenvalue weighted by Gasteiger charge is 2.27. The molecule has 0 spiro atoms. The molecule has 1 aliphatic carbocycles. The Kier molecular flexibility index (Phi) is 3.79. The number of hydrogen-bond acceptors (Lipinski definition) is 5. The predicted octanol–water partition coefficient (Wildman–Crippen LogP) is 1.28. The highest BCUT2D eigenvalue weighted by molar-refractivity contribution is 5.95. The number of amides is 1. The van der Waals surface area contributed by atoms with Gasteiger partial charge in [0.25, 0.3) is 5.91 Å². The fraction of sp³-hybridized carbons (Fsp3) is 0.467. The number of carbonyl (C=O) groups excluding carboxylic acids is 2. The molecular weight excluding hydrogens is 284 g/mol. The van der Waals surface area contributed by atoms with E-state index in [0.717, 1.165) is 18.4 Å². The molecule has 7 nitrogen and oxygen atoms in total. The van der Waals surface area contributed by atoms with Crippen LogP contribution in [0, 0.1) is 0 Å². The van der Waals surface area contributed by atoms with E-state index in [2.05, 4.69) is 15.6 Å². The number of benzene rings is 1. The Bertz CT molecular complexity index is 721. The van der Waals surface area contributed by atoms with Crippen molar-refractivity contribution in [1.29, 1.82) is 0 Å². The lowest BCUT2D eigenvalue weighted by molar-refractivity contribution is -0.129. The first-order chi connectivity index (χ1) is 10.6. The minimum atomic E-state index is -0.810. The van der Waals surface area contributed by atoms with E-state index in [1.54, 1.807) is 29.8 Å². The Balaban J connectivity index is 1.69. The molecule has 1 saturated carbocycles. The molecule has 3 rings (SSSR count). The number of carbonyl (C=O) groups is 2. The molecule has 1 heterocycles. The van der Waals surface area contributed by atoms with Crippen LogP contribution in [0.3, 0.4) is 0 Å². The van der Waals surface area contributed by atoms with Gasteiger partial charge >= 0.3 is 5.97 Å². The Hall–Kier alpha value is -2.44. The first-order valence-electron chi connectivity index (χ1n) is 7.43. The number of aromatic nitrogens is 3. The summed E-state index contributed by atoms with van der Waals surface area (Å²) < 4.78 is 6.95. The van der Waals surface area contributed by atoms with Crippen molar-refractivity contribution < 1.29 is 14.3 Å². The van der Waals surface area contributed by atoms with Crippen molar-refractivity contribution in [2.45, 2.75) is 45.4 Å². The van der Waals surface area contributed by atoms with Crippen LogP contribution in [0.4, 0.5) is 0 Å². The van der Waals surface area contributed by atoms with Gasteiger partial charge in [0.15, 0.2) is 6.10 Å². The van der Waals surface area contributed by atoms with Crippen LogP contribution >= 0.6 is 0 Å². The lowest BCUT2D eigenvalue weighted by Gasteiger charge is -2.13. The molecule has 0 bridgehead atoms. The van der Waals surface area contributed by atoms with Gasteiger partial charge in [-0.3, -0.25) is 4.79 Å². The van der Waals surface area contributed by atoms with Crippen molar-refractivity contribution in [2.75, 3.05) is 0 Å². The third kappa shape index (κ3) is 2.93. The van der Waals surface area contributed by atoms with Crippen molar-refractivity contribution in [3.8, 4) is 0 Å². The summed E-state index contributed by atoms with van der Waals surface area (Å²) in [6.07, 6.45) is 1.18. The van der Waals surface area contributed by atoms with Gasteiger partial charge in [0, 0.05) is 12.6 Å². The van der Waals surface area contributed by atoms with Gasteiger partial charge in [-0.15, -0.1) is 5.10 Å². The zero-order valence-corrected chi connectivity index (χ0v) is 12.6. The number of fused-ring (bicyclic) bond motifs is 1. The SMILES string of the molecule is CCn1nnc2cc(C(=O)O[C@@H](C)C(=O)NC3CC3)ccc21. The molecule has 1 aliphatic rings. The molecule has 1 N–H and O–H groups in total. The smallest absolute Gasteiger partial charge is 0.338 e. The maximum Gasteiger partial charge on any atom is 0.338 e. The highest BCUT2D eigenvalue weighted by Crippen LogP contribution is 2.19. The van der Waals surface area contributed by atoms with Gasteiger partial charge in [-0.2, -0.15) is 0 Å². The maximum absolute atomic E-state index is 12.1. The van der Waals surface area contributed by atoms with Gasteiger partial charge < -0.3 is 10.1 Å². The molecule has 22 heavy (non-hydrogen) atoms. The number of esters is 1. The molecule has 1 aromatic heterocycles. The molecule has 1 atom stereocenters. The Morgan fingerprint density at radius 3 is 2.91 bits per heavy atom. The topological polar surface area (TPSA) is 86.1 Å². The summed E-state index contributed by atoms with van der Waals surface area (Å²) in [4.78, 5) is 23.9. The minimum Gasteiger partial charge on any atom is -0.449 e. The Morgan fingerprint density at radius 2 is 2.23 bits per heavy atom. The molecule has 7 heteroatoms. The lowest BCUT2D eigenvalue weighted by Crippen LogP contribution is -2.37. The zero-order chi connectivity index (χ0) is 15.7. The molecule has 1 amide bonds. The van der Waals surface area contributed by atoms with Crippen molar-refractivity contribution in [3.05, 3.63) is 23.8 Å². The third-order valence-corrected chi connectivity index (χ3v) is 3.63. The fourth-order valence-corrected chi connectivity index (χ4v) is 2.16. The van der Waals surface area contributed by atoms with E-state index in [1.807, 2.05) is 6.92 Å². The molecular formula is C15H18N4O3. The number of nitrogens with zero attached hydrogens (tertiary/aromatic N) is 3.